The Labute approximate surface area is 287 Å². The van der Waals surface area contributed by atoms with Crippen LogP contribution in [0, 0.1) is 0 Å². The predicted octanol–water partition coefficient (Wildman–Crippen LogP) is 6.33. The molecule has 1 fully saturated rings. The van der Waals surface area contributed by atoms with Crippen molar-refractivity contribution < 1.29 is 41.4 Å². The number of halogens is 2. The maximum atomic E-state index is 2.66. The summed E-state index contributed by atoms with van der Waals surface area (Å²) in [5.74, 6) is 0. The van der Waals surface area contributed by atoms with E-state index >= 15 is 0 Å². The van der Waals surface area contributed by atoms with Crippen molar-refractivity contribution in [3.8, 4) is 22.3 Å². The van der Waals surface area contributed by atoms with Crippen LogP contribution in [0.5, 0.6) is 0 Å². The molecule has 0 spiro atoms. The Morgan fingerprint density at radius 2 is 0.933 bits per heavy atom. The molecule has 1 saturated heterocycles. The molecule has 0 radical (unpaired) electrons. The van der Waals surface area contributed by atoms with Crippen molar-refractivity contribution in [2.45, 2.75) is 84.1 Å². The van der Waals surface area contributed by atoms with Gasteiger partial charge in [0.05, 0.1) is 0 Å². The third-order valence-corrected chi connectivity index (χ3v) is 19.0. The van der Waals surface area contributed by atoms with Crippen LogP contribution in [-0.4, -0.2) is 0 Å². The summed E-state index contributed by atoms with van der Waals surface area (Å²) in [7, 11) is 0. The third kappa shape index (κ3) is 5.98. The van der Waals surface area contributed by atoms with Crippen molar-refractivity contribution in [2.75, 3.05) is 0 Å². The van der Waals surface area contributed by atoms with Crippen LogP contribution in [0.25, 0.3) is 34.4 Å². The quantitative estimate of drug-likeness (QED) is 0.173. The molecule has 3 aliphatic rings. The van der Waals surface area contributed by atoms with Crippen molar-refractivity contribution in [1.82, 2.24) is 0 Å². The van der Waals surface area contributed by atoms with E-state index in [4.69, 9.17) is 0 Å². The van der Waals surface area contributed by atoms with Crippen molar-refractivity contribution in [2.24, 2.45) is 0 Å². The van der Waals surface area contributed by atoms with Crippen LogP contribution >= 0.6 is 0 Å². The summed E-state index contributed by atoms with van der Waals surface area (Å²) in [6, 6.07) is 33.2. The molecule has 3 heteroatoms. The van der Waals surface area contributed by atoms with Crippen LogP contribution in [0.3, 0.4) is 0 Å². The van der Waals surface area contributed by atoms with Gasteiger partial charge in [0.1, 0.15) is 0 Å². The zero-order valence-electron chi connectivity index (χ0n) is 27.3. The second-order valence-corrected chi connectivity index (χ2v) is 20.5. The number of benzene rings is 4. The van der Waals surface area contributed by atoms with Gasteiger partial charge in [0.2, 0.25) is 0 Å². The molecule has 4 aromatic carbocycles. The number of allylic oxidation sites excluding steroid dienone is 2. The predicted molar refractivity (Wildman–Crippen MR) is 183 cm³/mol. The van der Waals surface area contributed by atoms with E-state index in [-0.39, 0.29) is 24.8 Å². The van der Waals surface area contributed by atoms with Gasteiger partial charge in [-0.3, -0.25) is 0 Å². The fourth-order valence-electron chi connectivity index (χ4n) is 8.53. The fraction of sp³-hybridized carbons (Fsp3) is 0.333. The van der Waals surface area contributed by atoms with Crippen molar-refractivity contribution in [3.63, 3.8) is 0 Å². The number of fused-ring (bicyclic) bond motifs is 2. The van der Waals surface area contributed by atoms with Gasteiger partial charge in [-0.1, -0.05) is 0 Å². The normalized spacial score (nSPS) is 18.0. The van der Waals surface area contributed by atoms with Gasteiger partial charge in [0, 0.05) is 0 Å². The van der Waals surface area contributed by atoms with E-state index in [1.165, 1.54) is 79.6 Å². The molecule has 2 atom stereocenters. The average molecular weight is 670 g/mol. The van der Waals surface area contributed by atoms with Crippen molar-refractivity contribution in [3.05, 3.63) is 129 Å². The molecule has 0 bridgehead atoms. The first kappa shape index (κ1) is 34.0. The minimum Gasteiger partial charge on any atom is -1.00 e. The molecule has 4 aromatic rings. The van der Waals surface area contributed by atoms with Gasteiger partial charge in [-0.15, -0.1) is 0 Å². The van der Waals surface area contributed by atoms with Crippen LogP contribution < -0.4 is 24.8 Å². The average Bonchev–Trinajstić information content (AvgIpc) is 3.60. The summed E-state index contributed by atoms with van der Waals surface area (Å²) in [6.45, 7) is 9.24. The molecule has 7 rings (SSSR count). The Morgan fingerprint density at radius 3 is 1.27 bits per heavy atom. The SMILES string of the molecule is CCCC1=Cc2c(-c3ccc(CC)cc3)cccc2[CH]1[Ti+2]1([CH]2C(CCC)=Cc3c(-c4ccc(CC)cc4)cccc32)[CH2][CH2]1.[Cl-].[Cl-]. The standard InChI is InChI=1S/2C20H21.C2H4.2ClH.Ti/c2*1-3-6-16-13-18-7-5-8-19(20(18)14-16)17-11-9-15(4-2)10-12-17;1-2;;;/h2*5,7-14H,3-4,6H2,1-2H3;1-2H2;2*1H;/q;;;;;+2/p-2. The zero-order valence-corrected chi connectivity index (χ0v) is 30.4. The van der Waals surface area contributed by atoms with Crippen LogP contribution in [0.2, 0.25) is 9.45 Å². The second kappa shape index (κ2) is 14.2. The van der Waals surface area contributed by atoms with E-state index in [1.54, 1.807) is 22.3 Å². The smallest absolute Gasteiger partial charge is 1.00 e. The molecule has 232 valence electrons. The molecule has 1 heterocycles. The maximum absolute atomic E-state index is 2.66. The van der Waals surface area contributed by atoms with Crippen LogP contribution in [0.1, 0.15) is 95.2 Å². The van der Waals surface area contributed by atoms with Gasteiger partial charge in [-0.2, -0.15) is 0 Å². The topological polar surface area (TPSA) is 0 Å². The van der Waals surface area contributed by atoms with E-state index in [0.29, 0.717) is 8.45 Å². The Morgan fingerprint density at radius 1 is 0.533 bits per heavy atom. The molecule has 1 aliphatic heterocycles. The second-order valence-electron chi connectivity index (χ2n) is 13.3. The number of aryl methyl sites for hydroxylation is 2. The monoisotopic (exact) mass is 668 g/mol. The molecule has 0 amide bonds. The van der Waals surface area contributed by atoms with Gasteiger partial charge < -0.3 is 24.8 Å². The Balaban J connectivity index is 0.00000200. The van der Waals surface area contributed by atoms with Crippen LogP contribution in [0.15, 0.2) is 96.1 Å². The summed E-state index contributed by atoms with van der Waals surface area (Å²) in [5, 5.41) is 0. The van der Waals surface area contributed by atoms with Gasteiger partial charge in [0.25, 0.3) is 0 Å². The van der Waals surface area contributed by atoms with Gasteiger partial charge >= 0.3 is 265 Å². The molecule has 0 saturated carbocycles. The first-order valence-corrected chi connectivity index (χ1v) is 21.0. The van der Waals surface area contributed by atoms with Crippen LogP contribution in [0.4, 0.5) is 0 Å². The van der Waals surface area contributed by atoms with Gasteiger partial charge in [-0.05, 0) is 0 Å². The first-order chi connectivity index (χ1) is 21.1. The van der Waals surface area contributed by atoms with Crippen molar-refractivity contribution in [1.29, 1.82) is 0 Å². The molecule has 0 nitrogen and oxygen atoms in total. The molecule has 2 aliphatic carbocycles. The Bertz CT molecular complexity index is 1580. The number of hydrogen-bond donors (Lipinski definition) is 0. The van der Waals surface area contributed by atoms with Gasteiger partial charge in [-0.25, -0.2) is 0 Å². The first-order valence-electron chi connectivity index (χ1n) is 17.0. The number of hydrogen-bond acceptors (Lipinski definition) is 0. The fourth-order valence-corrected chi connectivity index (χ4v) is 18.9. The van der Waals surface area contributed by atoms with E-state index in [2.05, 4.69) is 125 Å². The van der Waals surface area contributed by atoms with E-state index in [9.17, 15) is 0 Å². The van der Waals surface area contributed by atoms with E-state index in [1.807, 2.05) is 0 Å². The zero-order chi connectivity index (χ0) is 29.6. The third-order valence-electron chi connectivity index (χ3n) is 10.7. The minimum atomic E-state index is -2.40. The minimum absolute atomic E-state index is 0. The molecule has 45 heavy (non-hydrogen) atoms. The van der Waals surface area contributed by atoms with Crippen molar-refractivity contribution >= 4 is 12.2 Å². The molecule has 2 unspecified atom stereocenters. The summed E-state index contributed by atoms with van der Waals surface area (Å²) in [6.07, 6.45) is 12.4. The summed E-state index contributed by atoms with van der Waals surface area (Å²) in [5.41, 5.74) is 18.3. The summed E-state index contributed by atoms with van der Waals surface area (Å²) < 4.78 is 4.38. The van der Waals surface area contributed by atoms with Crippen LogP contribution in [-0.2, 0) is 29.4 Å². The maximum Gasteiger partial charge on any atom is -1.00 e. The summed E-state index contributed by atoms with van der Waals surface area (Å²) >= 11 is -2.40. The number of rotatable bonds is 10. The molecular formula is C42H46Cl2Ti. The van der Waals surface area contributed by atoms with E-state index in [0.717, 1.165) is 12.8 Å². The molecule has 0 N–H and O–H groups in total. The Kier molecular flexibility index (Phi) is 10.7. The Hall–Kier alpha value is -2.35. The molecular weight excluding hydrogens is 623 g/mol. The summed E-state index contributed by atoms with van der Waals surface area (Å²) in [4.78, 5) is 0. The molecule has 0 aromatic heterocycles. The van der Waals surface area contributed by atoms with E-state index < -0.39 is 16.6 Å². The van der Waals surface area contributed by atoms with Gasteiger partial charge in [0.15, 0.2) is 0 Å². The largest absolute Gasteiger partial charge is 1.00 e.